The number of rotatable bonds is 6. The van der Waals surface area contributed by atoms with Gasteiger partial charge in [0.15, 0.2) is 11.6 Å². The van der Waals surface area contributed by atoms with Crippen molar-refractivity contribution in [1.29, 1.82) is 0 Å². The number of furan rings is 1. The summed E-state index contributed by atoms with van der Waals surface area (Å²) in [4.78, 5) is 0. The molecule has 3 aliphatic rings. The fourth-order valence-corrected chi connectivity index (χ4v) is 4.90. The Morgan fingerprint density at radius 1 is 0.938 bits per heavy atom. The van der Waals surface area contributed by atoms with Crippen LogP contribution in [0.3, 0.4) is 0 Å². The highest BCUT2D eigenvalue weighted by Gasteiger charge is 2.61. The third kappa shape index (κ3) is 4.24. The molecule has 0 spiro atoms. The van der Waals surface area contributed by atoms with Crippen LogP contribution in [0, 0.1) is 0 Å². The monoisotopic (exact) mass is 445 g/mol. The summed E-state index contributed by atoms with van der Waals surface area (Å²) in [5.74, 6) is -0.879. The van der Waals surface area contributed by atoms with Crippen molar-refractivity contribution in [1.82, 2.24) is 5.06 Å². The molecule has 0 amide bonds. The van der Waals surface area contributed by atoms with E-state index in [4.69, 9.17) is 28.1 Å². The van der Waals surface area contributed by atoms with Gasteiger partial charge in [0, 0.05) is 6.54 Å². The quantitative estimate of drug-likeness (QED) is 0.675. The van der Waals surface area contributed by atoms with Gasteiger partial charge in [0.25, 0.3) is 0 Å². The maximum absolute atomic E-state index is 11.2. The van der Waals surface area contributed by atoms with E-state index < -0.39 is 35.9 Å². The molecule has 4 heterocycles. The van der Waals surface area contributed by atoms with Crippen molar-refractivity contribution in [2.24, 2.45) is 0 Å². The molecule has 1 aromatic heterocycles. The highest BCUT2D eigenvalue weighted by molar-refractivity contribution is 5.17. The molecule has 5 rings (SSSR count). The van der Waals surface area contributed by atoms with Crippen molar-refractivity contribution in [3.05, 3.63) is 60.1 Å². The fourth-order valence-electron chi connectivity index (χ4n) is 4.90. The Labute approximate surface area is 187 Å². The molecule has 3 fully saturated rings. The number of ether oxygens (including phenoxy) is 5. The van der Waals surface area contributed by atoms with Crippen molar-refractivity contribution in [2.45, 2.75) is 82.4 Å². The minimum absolute atomic E-state index is 0.300. The Morgan fingerprint density at radius 2 is 1.69 bits per heavy atom. The summed E-state index contributed by atoms with van der Waals surface area (Å²) < 4.78 is 36.7. The first-order valence-corrected chi connectivity index (χ1v) is 11.1. The highest BCUT2D eigenvalue weighted by Crippen LogP contribution is 2.46. The first-order chi connectivity index (χ1) is 15.2. The predicted molar refractivity (Wildman–Crippen MR) is 113 cm³/mol. The number of benzene rings is 1. The van der Waals surface area contributed by atoms with Crippen LogP contribution >= 0.6 is 0 Å². The minimum Gasteiger partial charge on any atom is -0.467 e. The first-order valence-electron chi connectivity index (χ1n) is 11.1. The van der Waals surface area contributed by atoms with Gasteiger partial charge in [-0.15, -0.1) is 0 Å². The summed E-state index contributed by atoms with van der Waals surface area (Å²) in [6.45, 7) is 8.24. The number of hydrogen-bond donors (Lipinski definition) is 1. The SMILES string of the molecule is CC1(C)O[C@@H]2[C@H](O1)[C@H]([C@@H](c1ccco1)N(O)Cc1ccccc1)O[C@@H]2[C@H]1COC(C)(C)O1. The zero-order valence-corrected chi connectivity index (χ0v) is 18.8. The van der Waals surface area contributed by atoms with E-state index in [1.165, 1.54) is 5.06 Å². The van der Waals surface area contributed by atoms with Gasteiger partial charge >= 0.3 is 0 Å². The summed E-state index contributed by atoms with van der Waals surface area (Å²) in [6, 6.07) is 12.8. The van der Waals surface area contributed by atoms with Gasteiger partial charge in [-0.05, 0) is 45.4 Å². The van der Waals surface area contributed by atoms with Gasteiger partial charge < -0.3 is 33.3 Å². The zero-order chi connectivity index (χ0) is 22.5. The normalized spacial score (nSPS) is 34.1. The molecule has 1 aromatic carbocycles. The van der Waals surface area contributed by atoms with Crippen molar-refractivity contribution >= 4 is 0 Å². The molecule has 32 heavy (non-hydrogen) atoms. The van der Waals surface area contributed by atoms with Gasteiger partial charge in [0.1, 0.15) is 42.3 Å². The molecule has 0 radical (unpaired) electrons. The van der Waals surface area contributed by atoms with Gasteiger partial charge in [-0.25, -0.2) is 0 Å². The van der Waals surface area contributed by atoms with E-state index >= 15 is 0 Å². The van der Waals surface area contributed by atoms with Gasteiger partial charge in [0.05, 0.1) is 12.9 Å². The van der Waals surface area contributed by atoms with Crippen LogP contribution in [0.1, 0.15) is 45.1 Å². The second-order valence-electron chi connectivity index (χ2n) is 9.54. The van der Waals surface area contributed by atoms with Crippen LogP contribution in [0.15, 0.2) is 53.1 Å². The summed E-state index contributed by atoms with van der Waals surface area (Å²) in [5.41, 5.74) is 0.968. The number of hydroxylamine groups is 2. The molecule has 8 heteroatoms. The molecule has 0 bridgehead atoms. The molecule has 3 aliphatic heterocycles. The lowest BCUT2D eigenvalue weighted by molar-refractivity contribution is -0.234. The second kappa shape index (κ2) is 8.22. The zero-order valence-electron chi connectivity index (χ0n) is 18.8. The lowest BCUT2D eigenvalue weighted by Crippen LogP contribution is -2.41. The lowest BCUT2D eigenvalue weighted by Gasteiger charge is -2.33. The van der Waals surface area contributed by atoms with Crippen LogP contribution in [-0.4, -0.2) is 59.0 Å². The molecule has 8 nitrogen and oxygen atoms in total. The van der Waals surface area contributed by atoms with Gasteiger partial charge in [-0.1, -0.05) is 30.3 Å². The average Bonchev–Trinajstić information content (AvgIpc) is 3.49. The minimum atomic E-state index is -0.780. The van der Waals surface area contributed by atoms with E-state index in [1.54, 1.807) is 12.3 Å². The molecule has 0 saturated carbocycles. The van der Waals surface area contributed by atoms with Gasteiger partial charge in [-0.2, -0.15) is 5.06 Å². The van der Waals surface area contributed by atoms with Crippen molar-refractivity contribution in [3.63, 3.8) is 0 Å². The van der Waals surface area contributed by atoms with Crippen LogP contribution in [0.2, 0.25) is 0 Å². The van der Waals surface area contributed by atoms with Crippen molar-refractivity contribution < 1.29 is 33.3 Å². The second-order valence-corrected chi connectivity index (χ2v) is 9.54. The summed E-state index contributed by atoms with van der Waals surface area (Å²) >= 11 is 0. The van der Waals surface area contributed by atoms with E-state index in [1.807, 2.05) is 64.1 Å². The Hall–Kier alpha value is -1.78. The molecule has 1 N–H and O–H groups in total. The molecular weight excluding hydrogens is 414 g/mol. The predicted octanol–water partition coefficient (Wildman–Crippen LogP) is 3.65. The molecule has 174 valence electrons. The molecule has 2 aromatic rings. The Balaban J connectivity index is 1.45. The van der Waals surface area contributed by atoms with E-state index in [2.05, 4.69) is 0 Å². The molecular formula is C24H31NO7. The standard InChI is InChI=1S/C24H31NO7/c1-23(2)28-14-17(30-23)19-21-22(32-24(3,4)31-21)20(29-19)18(16-11-8-12-27-16)25(26)13-15-9-6-5-7-10-15/h5-12,17-22,26H,13-14H2,1-4H3/t17-,18-,19-,20+,21+,22-/m1/s1. The summed E-state index contributed by atoms with van der Waals surface area (Å²) in [7, 11) is 0. The van der Waals surface area contributed by atoms with Crippen molar-refractivity contribution in [3.8, 4) is 0 Å². The van der Waals surface area contributed by atoms with Crippen LogP contribution in [0.4, 0.5) is 0 Å². The van der Waals surface area contributed by atoms with E-state index in [-0.39, 0.29) is 12.2 Å². The largest absolute Gasteiger partial charge is 0.467 e. The highest BCUT2D eigenvalue weighted by atomic mass is 16.8. The Kier molecular flexibility index (Phi) is 5.66. The van der Waals surface area contributed by atoms with Crippen LogP contribution in [0.5, 0.6) is 0 Å². The third-order valence-corrected chi connectivity index (χ3v) is 6.18. The fraction of sp³-hybridized carbons (Fsp3) is 0.583. The molecule has 0 aliphatic carbocycles. The first kappa shape index (κ1) is 22.0. The maximum atomic E-state index is 11.2. The van der Waals surface area contributed by atoms with Crippen LogP contribution in [-0.2, 0) is 30.2 Å². The Morgan fingerprint density at radius 3 is 2.34 bits per heavy atom. The summed E-state index contributed by atoms with van der Waals surface area (Å²) in [5, 5.41) is 12.5. The van der Waals surface area contributed by atoms with Crippen molar-refractivity contribution in [2.75, 3.05) is 6.61 Å². The molecule has 6 atom stereocenters. The Bertz CT molecular complexity index is 900. The maximum Gasteiger partial charge on any atom is 0.164 e. The number of hydrogen-bond acceptors (Lipinski definition) is 8. The average molecular weight is 446 g/mol. The van der Waals surface area contributed by atoms with Crippen LogP contribution in [0.25, 0.3) is 0 Å². The third-order valence-electron chi connectivity index (χ3n) is 6.18. The van der Waals surface area contributed by atoms with E-state index in [0.29, 0.717) is 18.9 Å². The number of nitrogens with zero attached hydrogens (tertiary/aromatic N) is 1. The summed E-state index contributed by atoms with van der Waals surface area (Å²) in [6.07, 6.45) is -0.439. The van der Waals surface area contributed by atoms with Gasteiger partial charge in [0.2, 0.25) is 0 Å². The number of fused-ring (bicyclic) bond motifs is 1. The topological polar surface area (TPSA) is 82.8 Å². The molecule has 3 saturated heterocycles. The van der Waals surface area contributed by atoms with Gasteiger partial charge in [-0.3, -0.25) is 0 Å². The van der Waals surface area contributed by atoms with Crippen LogP contribution < -0.4 is 0 Å². The van der Waals surface area contributed by atoms with E-state index in [9.17, 15) is 5.21 Å². The smallest absolute Gasteiger partial charge is 0.164 e. The lowest BCUT2D eigenvalue weighted by atomic mass is 9.98. The molecule has 0 unspecified atom stereocenters. The van der Waals surface area contributed by atoms with E-state index in [0.717, 1.165) is 5.56 Å².